The molecule has 0 saturated carbocycles. The summed E-state index contributed by atoms with van der Waals surface area (Å²) in [5, 5.41) is 18.3. The van der Waals surface area contributed by atoms with Gasteiger partial charge in [-0.05, 0) is 126 Å². The van der Waals surface area contributed by atoms with Crippen molar-refractivity contribution in [1.29, 1.82) is 10.5 Å². The second kappa shape index (κ2) is 16.1. The van der Waals surface area contributed by atoms with Gasteiger partial charge in [-0.25, -0.2) is 0 Å². The summed E-state index contributed by atoms with van der Waals surface area (Å²) in [6.07, 6.45) is 8.62. The number of nitrogens with zero attached hydrogens (tertiary/aromatic N) is 3. The molecule has 3 heterocycles. The van der Waals surface area contributed by atoms with E-state index in [9.17, 15) is 10.5 Å². The Morgan fingerprint density at radius 2 is 1.07 bits per heavy atom. The maximum Gasteiger partial charge on any atom is 0.131 e. The fourth-order valence-electron chi connectivity index (χ4n) is 8.02. The van der Waals surface area contributed by atoms with Gasteiger partial charge < -0.3 is 4.90 Å². The normalized spacial score (nSPS) is 12.4. The van der Waals surface area contributed by atoms with E-state index >= 15 is 0 Å². The molecule has 3 aromatic heterocycles. The first-order chi connectivity index (χ1) is 27.0. The average molecular weight is 768 g/mol. The Bertz CT molecular complexity index is 2490. The molecular weight excluding hydrogens is 727 g/mol. The van der Waals surface area contributed by atoms with Gasteiger partial charge in [-0.2, -0.15) is 10.5 Å². The van der Waals surface area contributed by atoms with E-state index < -0.39 is 0 Å². The van der Waals surface area contributed by atoms with E-state index in [2.05, 4.69) is 146 Å². The number of allylic oxidation sites excluding steroid dienone is 1. The van der Waals surface area contributed by atoms with Crippen molar-refractivity contribution < 1.29 is 0 Å². The summed E-state index contributed by atoms with van der Waals surface area (Å²) in [6, 6.07) is 52.9. The number of hydrogen-bond donors (Lipinski definition) is 0. The summed E-state index contributed by atoms with van der Waals surface area (Å²) in [5.41, 5.74) is 10.6. The molecule has 0 bridgehead atoms. The molecule has 0 unspecified atom stereocenters. The van der Waals surface area contributed by atoms with Crippen LogP contribution in [0.5, 0.6) is 0 Å². The molecule has 0 fully saturated rings. The first-order valence-corrected chi connectivity index (χ1v) is 21.5. The van der Waals surface area contributed by atoms with E-state index in [4.69, 9.17) is 0 Å². The number of thiophene rings is 3. The maximum atomic E-state index is 9.17. The van der Waals surface area contributed by atoms with Crippen LogP contribution in [0.15, 0.2) is 139 Å². The smallest absolute Gasteiger partial charge is 0.131 e. The topological polar surface area (TPSA) is 50.8 Å². The minimum Gasteiger partial charge on any atom is -0.310 e. The van der Waals surface area contributed by atoms with Gasteiger partial charge in [-0.15, -0.1) is 34.0 Å². The number of rotatable bonds is 13. The third-order valence-corrected chi connectivity index (χ3v) is 14.3. The fraction of sp³-hybridized carbons (Fsp3) is 0.184. The SMILES string of the molecule is CCCCC1(CCCC)c2cc(-c3ccc(-c4ccc(-c5ccc(C=C(C#N)C#N)s5)s4)s3)ccc2-c2ccc(N(c3ccccc3)c3ccccc3)cc21. The minimum atomic E-state index is -0.0551. The molecule has 0 atom stereocenters. The molecule has 0 radical (unpaired) electrons. The van der Waals surface area contributed by atoms with Gasteiger partial charge in [0, 0.05) is 51.7 Å². The molecule has 0 amide bonds. The molecule has 0 aliphatic heterocycles. The fourth-order valence-corrected chi connectivity index (χ4v) is 11.2. The molecule has 1 aliphatic rings. The molecule has 6 heteroatoms. The zero-order valence-electron chi connectivity index (χ0n) is 31.1. The number of fused-ring (bicyclic) bond motifs is 3. The zero-order chi connectivity index (χ0) is 37.8. The lowest BCUT2D eigenvalue weighted by atomic mass is 9.70. The Morgan fingerprint density at radius 3 is 1.65 bits per heavy atom. The molecule has 1 aliphatic carbocycles. The predicted molar refractivity (Wildman–Crippen MR) is 236 cm³/mol. The Morgan fingerprint density at radius 1 is 0.564 bits per heavy atom. The van der Waals surface area contributed by atoms with Gasteiger partial charge in [0.15, 0.2) is 0 Å². The number of anilines is 3. The highest BCUT2D eigenvalue weighted by Gasteiger charge is 2.43. The lowest BCUT2D eigenvalue weighted by Crippen LogP contribution is -2.26. The van der Waals surface area contributed by atoms with Gasteiger partial charge in [0.2, 0.25) is 0 Å². The standard InChI is InChI=1S/C49H41N3S3/c1-3-5-27-49(28-6-4-2)42-30-35(44-23-24-47(54-44)48-26-25-46(55-48)45-22-19-39(53-45)29-34(32-50)33-51)17-20-40(42)41-21-18-38(31-43(41)49)52(36-13-9-7-10-14-36)37-15-11-8-12-16-37/h7-26,29-31H,3-6,27-28H2,1-2H3. The summed E-state index contributed by atoms with van der Waals surface area (Å²) < 4.78 is 0. The molecule has 270 valence electrons. The van der Waals surface area contributed by atoms with Crippen molar-refractivity contribution >= 4 is 57.1 Å². The van der Waals surface area contributed by atoms with Crippen LogP contribution in [0.2, 0.25) is 0 Å². The van der Waals surface area contributed by atoms with Gasteiger partial charge >= 0.3 is 0 Å². The maximum absolute atomic E-state index is 9.17. The highest BCUT2D eigenvalue weighted by molar-refractivity contribution is 7.27. The number of para-hydroxylation sites is 2. The highest BCUT2D eigenvalue weighted by Crippen LogP contribution is 2.56. The minimum absolute atomic E-state index is 0.0551. The number of unbranched alkanes of at least 4 members (excludes halogenated alkanes) is 2. The van der Waals surface area contributed by atoms with Crippen LogP contribution in [-0.2, 0) is 5.41 Å². The van der Waals surface area contributed by atoms with E-state index in [0.29, 0.717) is 0 Å². The summed E-state index contributed by atoms with van der Waals surface area (Å²) in [7, 11) is 0. The van der Waals surface area contributed by atoms with Gasteiger partial charge in [-0.3, -0.25) is 0 Å². The lowest BCUT2D eigenvalue weighted by molar-refractivity contribution is 0.414. The largest absolute Gasteiger partial charge is 0.310 e. The van der Waals surface area contributed by atoms with E-state index in [0.717, 1.165) is 34.0 Å². The first-order valence-electron chi connectivity index (χ1n) is 19.1. The van der Waals surface area contributed by atoms with Crippen LogP contribution in [0.3, 0.4) is 0 Å². The van der Waals surface area contributed by atoms with Crippen LogP contribution >= 0.6 is 34.0 Å². The van der Waals surface area contributed by atoms with Crippen LogP contribution in [0.4, 0.5) is 17.1 Å². The van der Waals surface area contributed by atoms with E-state index in [1.54, 1.807) is 28.7 Å². The average Bonchev–Trinajstić information content (AvgIpc) is 4.06. The zero-order valence-corrected chi connectivity index (χ0v) is 33.5. The quantitative estimate of drug-likeness (QED) is 0.110. The predicted octanol–water partition coefficient (Wildman–Crippen LogP) is 15.4. The molecular formula is C49H41N3S3. The molecule has 4 aromatic carbocycles. The van der Waals surface area contributed by atoms with Gasteiger partial charge in [0.1, 0.15) is 17.7 Å². The van der Waals surface area contributed by atoms with Crippen molar-refractivity contribution in [3.8, 4) is 53.2 Å². The Kier molecular flexibility index (Phi) is 10.7. The van der Waals surface area contributed by atoms with E-state index in [-0.39, 0.29) is 11.0 Å². The molecule has 7 aromatic rings. The summed E-state index contributed by atoms with van der Waals surface area (Å²) in [6.45, 7) is 4.64. The highest BCUT2D eigenvalue weighted by atomic mass is 32.1. The van der Waals surface area contributed by atoms with Crippen molar-refractivity contribution in [2.24, 2.45) is 0 Å². The lowest BCUT2D eigenvalue weighted by Gasteiger charge is -2.34. The van der Waals surface area contributed by atoms with Gasteiger partial charge in [-0.1, -0.05) is 94.1 Å². The van der Waals surface area contributed by atoms with Crippen molar-refractivity contribution in [3.63, 3.8) is 0 Å². The molecule has 0 spiro atoms. The molecule has 55 heavy (non-hydrogen) atoms. The van der Waals surface area contributed by atoms with E-state index in [1.807, 2.05) is 29.5 Å². The van der Waals surface area contributed by atoms with Crippen LogP contribution in [0.1, 0.15) is 68.4 Å². The Balaban J connectivity index is 1.16. The van der Waals surface area contributed by atoms with E-state index in [1.165, 1.54) is 78.7 Å². The van der Waals surface area contributed by atoms with Crippen LogP contribution in [-0.4, -0.2) is 0 Å². The van der Waals surface area contributed by atoms with Crippen molar-refractivity contribution in [2.75, 3.05) is 4.90 Å². The number of hydrogen-bond acceptors (Lipinski definition) is 6. The summed E-state index contributed by atoms with van der Waals surface area (Å²) in [4.78, 5) is 9.43. The molecule has 0 saturated heterocycles. The Hall–Kier alpha value is -5.50. The summed E-state index contributed by atoms with van der Waals surface area (Å²) in [5.74, 6) is 0. The third kappa shape index (κ3) is 7.10. The molecule has 3 nitrogen and oxygen atoms in total. The number of benzene rings is 4. The summed E-state index contributed by atoms with van der Waals surface area (Å²) >= 11 is 5.25. The number of nitriles is 2. The Labute approximate surface area is 336 Å². The van der Waals surface area contributed by atoms with Crippen LogP contribution < -0.4 is 4.90 Å². The second-order valence-corrected chi connectivity index (χ2v) is 17.4. The van der Waals surface area contributed by atoms with Crippen molar-refractivity contribution in [3.05, 3.63) is 155 Å². The second-order valence-electron chi connectivity index (χ2n) is 14.1. The molecule has 0 N–H and O–H groups in total. The van der Waals surface area contributed by atoms with Gasteiger partial charge in [0.25, 0.3) is 0 Å². The van der Waals surface area contributed by atoms with Crippen molar-refractivity contribution in [2.45, 2.75) is 57.8 Å². The van der Waals surface area contributed by atoms with Crippen molar-refractivity contribution in [1.82, 2.24) is 0 Å². The monoisotopic (exact) mass is 767 g/mol. The third-order valence-electron chi connectivity index (χ3n) is 10.7. The van der Waals surface area contributed by atoms with Crippen LogP contribution in [0, 0.1) is 22.7 Å². The first kappa shape index (κ1) is 36.5. The van der Waals surface area contributed by atoms with Crippen LogP contribution in [0.25, 0.3) is 47.2 Å². The molecule has 8 rings (SSSR count). The van der Waals surface area contributed by atoms with Gasteiger partial charge in [0.05, 0.1) is 0 Å².